The number of nitrogens with two attached hydrogens (primary N) is 1. The maximum Gasteiger partial charge on any atom is 0.287 e. The molecular weight excluding hydrogens is 210 g/mol. The van der Waals surface area contributed by atoms with Gasteiger partial charge in [0.15, 0.2) is 0 Å². The summed E-state index contributed by atoms with van der Waals surface area (Å²) in [5.74, 6) is -1.39. The molecule has 2 unspecified atom stereocenters. The summed E-state index contributed by atoms with van der Waals surface area (Å²) < 4.78 is 0. The molecule has 16 heavy (non-hydrogen) atoms. The first kappa shape index (κ1) is 11.1. The second-order valence-electron chi connectivity index (χ2n) is 4.48. The highest BCUT2D eigenvalue weighted by Gasteiger charge is 2.48. The summed E-state index contributed by atoms with van der Waals surface area (Å²) >= 11 is 0. The largest absolute Gasteiger partial charge is 0.368 e. The van der Waals surface area contributed by atoms with Crippen molar-refractivity contribution in [1.82, 2.24) is 10.6 Å². The van der Waals surface area contributed by atoms with Gasteiger partial charge < -0.3 is 16.4 Å². The minimum absolute atomic E-state index is 0.342. The Kier molecular flexibility index (Phi) is 2.67. The van der Waals surface area contributed by atoms with Crippen molar-refractivity contribution in [1.29, 1.82) is 0 Å². The van der Waals surface area contributed by atoms with Crippen LogP contribution in [0.4, 0.5) is 0 Å². The third-order valence-corrected chi connectivity index (χ3v) is 3.51. The van der Waals surface area contributed by atoms with E-state index >= 15 is 0 Å². The highest BCUT2D eigenvalue weighted by molar-refractivity contribution is 6.38. The number of carbonyl (C=O) groups is 3. The van der Waals surface area contributed by atoms with Crippen LogP contribution in [0.3, 0.4) is 0 Å². The summed E-state index contributed by atoms with van der Waals surface area (Å²) in [6.45, 7) is 1.04. The van der Waals surface area contributed by atoms with Crippen LogP contribution in [0.25, 0.3) is 0 Å². The van der Waals surface area contributed by atoms with Gasteiger partial charge in [0.2, 0.25) is 11.7 Å². The number of primary amides is 1. The number of rotatable bonds is 1. The summed E-state index contributed by atoms with van der Waals surface area (Å²) in [5.41, 5.74) is 4.55. The van der Waals surface area contributed by atoms with Crippen LogP contribution in [0.15, 0.2) is 0 Å². The predicted molar refractivity (Wildman–Crippen MR) is 55.3 cm³/mol. The first-order valence-electron chi connectivity index (χ1n) is 5.40. The number of amides is 2. The second kappa shape index (κ2) is 3.86. The Balaban J connectivity index is 2.20. The van der Waals surface area contributed by atoms with Crippen LogP contribution in [-0.2, 0) is 14.4 Å². The topological polar surface area (TPSA) is 101 Å². The molecule has 0 bridgehead atoms. The molecule has 2 saturated heterocycles. The number of ketones is 1. The Morgan fingerprint density at radius 1 is 1.31 bits per heavy atom. The summed E-state index contributed by atoms with van der Waals surface area (Å²) in [6, 6.07) is -0.497. The molecule has 2 heterocycles. The van der Waals surface area contributed by atoms with Crippen molar-refractivity contribution in [3.63, 3.8) is 0 Å². The van der Waals surface area contributed by atoms with Gasteiger partial charge in [-0.25, -0.2) is 0 Å². The minimum atomic E-state index is -0.673. The maximum atomic E-state index is 11.9. The molecule has 2 amide bonds. The van der Waals surface area contributed by atoms with E-state index in [0.717, 1.165) is 0 Å². The minimum Gasteiger partial charge on any atom is -0.368 e. The quantitative estimate of drug-likeness (QED) is 0.463. The van der Waals surface area contributed by atoms with Crippen molar-refractivity contribution in [2.24, 2.45) is 11.1 Å². The fraction of sp³-hybridized carbons (Fsp3) is 0.700. The second-order valence-corrected chi connectivity index (χ2v) is 4.48. The molecule has 1 spiro atoms. The summed E-state index contributed by atoms with van der Waals surface area (Å²) in [5, 5.41) is 5.49. The molecule has 0 aromatic heterocycles. The Morgan fingerprint density at radius 2 is 2.00 bits per heavy atom. The monoisotopic (exact) mass is 225 g/mol. The van der Waals surface area contributed by atoms with E-state index in [-0.39, 0.29) is 0 Å². The molecule has 2 fully saturated rings. The molecule has 4 N–H and O–H groups in total. The van der Waals surface area contributed by atoms with Crippen LogP contribution in [0.2, 0.25) is 0 Å². The van der Waals surface area contributed by atoms with Crippen molar-refractivity contribution in [3.8, 4) is 0 Å². The van der Waals surface area contributed by atoms with Crippen LogP contribution < -0.4 is 16.4 Å². The number of hydrogen-bond donors (Lipinski definition) is 3. The van der Waals surface area contributed by atoms with E-state index in [1.54, 1.807) is 0 Å². The zero-order valence-corrected chi connectivity index (χ0v) is 8.91. The lowest BCUT2D eigenvalue weighted by Gasteiger charge is -2.41. The van der Waals surface area contributed by atoms with E-state index in [2.05, 4.69) is 10.6 Å². The van der Waals surface area contributed by atoms with Gasteiger partial charge in [0.05, 0.1) is 6.04 Å². The molecule has 0 aromatic carbocycles. The average Bonchev–Trinajstić information content (AvgIpc) is 2.26. The highest BCUT2D eigenvalue weighted by Crippen LogP contribution is 2.37. The third kappa shape index (κ3) is 1.69. The first-order valence-corrected chi connectivity index (χ1v) is 5.40. The molecule has 0 radical (unpaired) electrons. The molecule has 2 aliphatic rings. The number of piperidine rings is 2. The lowest BCUT2D eigenvalue weighted by Crippen LogP contribution is -2.58. The SMILES string of the molecule is NC(=O)C1CC2(CCNC(=O)C2=O)CCN1. The van der Waals surface area contributed by atoms with Gasteiger partial charge in [-0.15, -0.1) is 0 Å². The van der Waals surface area contributed by atoms with Gasteiger partial charge in [0.1, 0.15) is 0 Å². The Labute approximate surface area is 92.9 Å². The molecule has 0 aliphatic carbocycles. The molecule has 2 aliphatic heterocycles. The van der Waals surface area contributed by atoms with Crippen LogP contribution >= 0.6 is 0 Å². The Morgan fingerprint density at radius 3 is 2.69 bits per heavy atom. The normalized spacial score (nSPS) is 34.9. The standard InChI is InChI=1S/C10H15N3O3/c11-8(15)6-5-10(1-3-12-6)2-4-13-9(16)7(10)14/h6,12H,1-5H2,(H2,11,15)(H,13,16). The van der Waals surface area contributed by atoms with E-state index in [4.69, 9.17) is 5.73 Å². The van der Waals surface area contributed by atoms with Crippen molar-refractivity contribution in [2.45, 2.75) is 25.3 Å². The molecule has 2 atom stereocenters. The molecule has 0 aromatic rings. The van der Waals surface area contributed by atoms with E-state index in [0.29, 0.717) is 32.4 Å². The number of Topliss-reactive ketones (excluding diaryl/α,β-unsaturated/α-hetero) is 1. The van der Waals surface area contributed by atoms with E-state index in [1.807, 2.05) is 0 Å². The summed E-state index contributed by atoms with van der Waals surface area (Å²) in [7, 11) is 0. The van der Waals surface area contributed by atoms with E-state index in [9.17, 15) is 14.4 Å². The van der Waals surface area contributed by atoms with Crippen molar-refractivity contribution in [2.75, 3.05) is 13.1 Å². The summed E-state index contributed by atoms with van der Waals surface area (Å²) in [4.78, 5) is 34.3. The molecular formula is C10H15N3O3. The number of nitrogens with one attached hydrogen (secondary N) is 2. The van der Waals surface area contributed by atoms with E-state index < -0.39 is 29.1 Å². The van der Waals surface area contributed by atoms with Gasteiger partial charge in [0, 0.05) is 12.0 Å². The van der Waals surface area contributed by atoms with Crippen LogP contribution in [0, 0.1) is 5.41 Å². The van der Waals surface area contributed by atoms with Gasteiger partial charge >= 0.3 is 0 Å². The van der Waals surface area contributed by atoms with Crippen molar-refractivity contribution < 1.29 is 14.4 Å². The Bertz CT molecular complexity index is 351. The number of carbonyl (C=O) groups excluding carboxylic acids is 3. The smallest absolute Gasteiger partial charge is 0.287 e. The molecule has 88 valence electrons. The van der Waals surface area contributed by atoms with Crippen LogP contribution in [0.1, 0.15) is 19.3 Å². The zero-order chi connectivity index (χ0) is 11.8. The number of hydrogen-bond acceptors (Lipinski definition) is 4. The molecule has 6 nitrogen and oxygen atoms in total. The van der Waals surface area contributed by atoms with Gasteiger partial charge in [-0.1, -0.05) is 0 Å². The van der Waals surface area contributed by atoms with E-state index in [1.165, 1.54) is 0 Å². The fourth-order valence-corrected chi connectivity index (χ4v) is 2.54. The summed E-state index contributed by atoms with van der Waals surface area (Å²) in [6.07, 6.45) is 1.54. The highest BCUT2D eigenvalue weighted by atomic mass is 16.2. The van der Waals surface area contributed by atoms with Crippen molar-refractivity contribution in [3.05, 3.63) is 0 Å². The molecule has 6 heteroatoms. The van der Waals surface area contributed by atoms with Crippen LogP contribution in [0.5, 0.6) is 0 Å². The maximum absolute atomic E-state index is 11.9. The average molecular weight is 225 g/mol. The van der Waals surface area contributed by atoms with Gasteiger partial charge in [-0.3, -0.25) is 14.4 Å². The lowest BCUT2D eigenvalue weighted by molar-refractivity contribution is -0.149. The van der Waals surface area contributed by atoms with Gasteiger partial charge in [-0.2, -0.15) is 0 Å². The third-order valence-electron chi connectivity index (χ3n) is 3.51. The van der Waals surface area contributed by atoms with Gasteiger partial charge in [-0.05, 0) is 25.8 Å². The molecule has 0 saturated carbocycles. The predicted octanol–water partition coefficient (Wildman–Crippen LogP) is -1.70. The van der Waals surface area contributed by atoms with Crippen LogP contribution in [-0.4, -0.2) is 36.7 Å². The fourth-order valence-electron chi connectivity index (χ4n) is 2.54. The zero-order valence-electron chi connectivity index (χ0n) is 8.91. The molecule has 2 rings (SSSR count). The lowest BCUT2D eigenvalue weighted by atomic mass is 9.68. The Hall–Kier alpha value is -1.43. The van der Waals surface area contributed by atoms with Gasteiger partial charge in [0.25, 0.3) is 5.91 Å². The first-order chi connectivity index (χ1) is 7.55. The van der Waals surface area contributed by atoms with Crippen molar-refractivity contribution >= 4 is 17.6 Å².